The second-order valence-corrected chi connectivity index (χ2v) is 18.4. The van der Waals surface area contributed by atoms with Crippen LogP contribution in [0.15, 0.2) is 12.2 Å². The molecule has 60 heavy (non-hydrogen) atoms. The van der Waals surface area contributed by atoms with Crippen molar-refractivity contribution in [2.24, 2.45) is 0 Å². The maximum Gasteiger partial charge on any atom is 0.472 e. The van der Waals surface area contributed by atoms with Crippen molar-refractivity contribution in [3.63, 3.8) is 0 Å². The monoisotopic (exact) mass is 879 g/mol. The second kappa shape index (κ2) is 37.0. The molecule has 0 bridgehead atoms. The number of hydrogen-bond acceptors (Lipinski definition) is 12. The van der Waals surface area contributed by atoms with Gasteiger partial charge >= 0.3 is 19.8 Å². The first-order chi connectivity index (χ1) is 28.9. The highest BCUT2D eigenvalue weighted by molar-refractivity contribution is 7.47. The van der Waals surface area contributed by atoms with E-state index >= 15 is 0 Å². The number of ether oxygens (including phenoxy) is 2. The third kappa shape index (κ3) is 29.0. The van der Waals surface area contributed by atoms with E-state index in [1.165, 1.54) is 122 Å². The van der Waals surface area contributed by atoms with Gasteiger partial charge in [0.1, 0.15) is 43.2 Å². The molecule has 6 N–H and O–H groups in total. The summed E-state index contributed by atoms with van der Waals surface area (Å²) < 4.78 is 33.5. The smallest absolute Gasteiger partial charge is 0.462 e. The summed E-state index contributed by atoms with van der Waals surface area (Å²) in [6, 6.07) is 0. The summed E-state index contributed by atoms with van der Waals surface area (Å²) in [5.41, 5.74) is 0. The van der Waals surface area contributed by atoms with E-state index in [4.69, 9.17) is 18.5 Å². The fraction of sp³-hybridized carbons (Fsp3) is 0.913. The van der Waals surface area contributed by atoms with Crippen LogP contribution < -0.4 is 0 Å². The van der Waals surface area contributed by atoms with E-state index in [9.17, 15) is 44.6 Å². The van der Waals surface area contributed by atoms with Crippen LogP contribution in [0.4, 0.5) is 0 Å². The minimum Gasteiger partial charge on any atom is -0.462 e. The molecule has 0 saturated heterocycles. The van der Waals surface area contributed by atoms with E-state index < -0.39 is 75.7 Å². The molecule has 1 saturated carbocycles. The Balaban J connectivity index is 2.42. The van der Waals surface area contributed by atoms with Gasteiger partial charge in [0, 0.05) is 12.8 Å². The number of phosphoric ester groups is 1. The highest BCUT2D eigenvalue weighted by Gasteiger charge is 2.51. The lowest BCUT2D eigenvalue weighted by molar-refractivity contribution is -0.220. The van der Waals surface area contributed by atoms with Gasteiger partial charge in [0.15, 0.2) is 6.10 Å². The van der Waals surface area contributed by atoms with Crippen LogP contribution in [-0.4, -0.2) is 98.3 Å². The summed E-state index contributed by atoms with van der Waals surface area (Å²) in [5, 5.41) is 50.1. The van der Waals surface area contributed by atoms with E-state index in [-0.39, 0.29) is 12.8 Å². The molecule has 1 aliphatic rings. The Morgan fingerprint density at radius 2 is 0.850 bits per heavy atom. The molecule has 0 aliphatic heterocycles. The topological polar surface area (TPSA) is 210 Å². The summed E-state index contributed by atoms with van der Waals surface area (Å²) in [6.45, 7) is 3.30. The maximum atomic E-state index is 12.8. The number of carbonyl (C=O) groups is 2. The van der Waals surface area contributed by atoms with E-state index in [1.54, 1.807) is 0 Å². The minimum absolute atomic E-state index is 0.0987. The van der Waals surface area contributed by atoms with E-state index in [0.29, 0.717) is 12.8 Å². The molecule has 0 radical (unpaired) electrons. The summed E-state index contributed by atoms with van der Waals surface area (Å²) in [7, 11) is -5.11. The number of phosphoric acid groups is 1. The Hall–Kier alpha value is -1.41. The van der Waals surface area contributed by atoms with Gasteiger partial charge in [0.25, 0.3) is 0 Å². The maximum absolute atomic E-state index is 12.8. The Bertz CT molecular complexity index is 1110. The molecule has 0 amide bonds. The molecule has 1 fully saturated rings. The van der Waals surface area contributed by atoms with E-state index in [0.717, 1.165) is 51.4 Å². The lowest BCUT2D eigenvalue weighted by atomic mass is 9.85. The number of rotatable bonds is 40. The standard InChI is InChI=1S/C46H87O13P/c1-3-5-7-9-11-13-15-17-18-19-20-21-22-23-25-27-29-31-33-35-40(48)58-38(36-56-39(47)34-32-30-28-26-24-16-14-12-10-8-6-4-2)37-57-60(54,55)59-46-44(52)42(50)41(49)43(51)45(46)53/h17-18,38,41-46,49-53H,3-16,19-37H2,1-2H3,(H,54,55)/b18-17-. The van der Waals surface area contributed by atoms with Crippen LogP contribution in [-0.2, 0) is 32.7 Å². The Morgan fingerprint density at radius 1 is 0.500 bits per heavy atom. The van der Waals surface area contributed by atoms with Gasteiger partial charge in [-0.05, 0) is 38.5 Å². The first-order valence-electron chi connectivity index (χ1n) is 24.0. The second-order valence-electron chi connectivity index (χ2n) is 17.0. The molecule has 0 aromatic heterocycles. The van der Waals surface area contributed by atoms with Crippen LogP contribution in [0.5, 0.6) is 0 Å². The van der Waals surface area contributed by atoms with Crippen LogP contribution in [0.25, 0.3) is 0 Å². The van der Waals surface area contributed by atoms with Crippen molar-refractivity contribution >= 4 is 19.8 Å². The number of allylic oxidation sites excluding steroid dienone is 2. The van der Waals surface area contributed by atoms with Gasteiger partial charge in [-0.15, -0.1) is 0 Å². The van der Waals surface area contributed by atoms with Gasteiger partial charge < -0.3 is 39.9 Å². The number of carbonyl (C=O) groups excluding carboxylic acids is 2. The van der Waals surface area contributed by atoms with E-state index in [2.05, 4.69) is 26.0 Å². The van der Waals surface area contributed by atoms with Gasteiger partial charge in [-0.1, -0.05) is 174 Å². The van der Waals surface area contributed by atoms with Crippen molar-refractivity contribution in [2.75, 3.05) is 13.2 Å². The SMILES string of the molecule is CCCCCCCC/C=C\CCCCCCCCCCCC(=O)OC(COC(=O)CCCCCCCCCCCCCC)COP(=O)(O)OC1C(O)C(O)C(O)C(O)C1O. The van der Waals surface area contributed by atoms with Crippen LogP contribution >= 0.6 is 7.82 Å². The van der Waals surface area contributed by atoms with Gasteiger partial charge in [-0.3, -0.25) is 18.6 Å². The van der Waals surface area contributed by atoms with E-state index in [1.807, 2.05) is 0 Å². The van der Waals surface area contributed by atoms with Gasteiger partial charge in [0.05, 0.1) is 6.61 Å². The number of hydrogen-bond donors (Lipinski definition) is 6. The van der Waals surface area contributed by atoms with Crippen LogP contribution in [0, 0.1) is 0 Å². The summed E-state index contributed by atoms with van der Waals surface area (Å²) in [5.74, 6) is -1.09. The minimum atomic E-state index is -5.11. The van der Waals surface area contributed by atoms with Crippen molar-refractivity contribution in [3.8, 4) is 0 Å². The molecule has 0 heterocycles. The first kappa shape index (κ1) is 56.6. The zero-order valence-corrected chi connectivity index (χ0v) is 38.4. The third-order valence-electron chi connectivity index (χ3n) is 11.4. The Labute approximate surface area is 363 Å². The largest absolute Gasteiger partial charge is 0.472 e. The quantitative estimate of drug-likeness (QED) is 0.0147. The zero-order chi connectivity index (χ0) is 44.3. The van der Waals surface area contributed by atoms with Gasteiger partial charge in [-0.25, -0.2) is 4.57 Å². The average molecular weight is 879 g/mol. The van der Waals surface area contributed by atoms with Crippen LogP contribution in [0.3, 0.4) is 0 Å². The molecule has 0 aromatic carbocycles. The predicted octanol–water partition coefficient (Wildman–Crippen LogP) is 9.45. The molecule has 0 aromatic rings. The molecule has 6 atom stereocenters. The Kier molecular flexibility index (Phi) is 34.9. The number of aliphatic hydroxyl groups excluding tert-OH is 5. The fourth-order valence-corrected chi connectivity index (χ4v) is 8.43. The molecule has 354 valence electrons. The third-order valence-corrected chi connectivity index (χ3v) is 12.3. The lowest BCUT2D eigenvalue weighted by Gasteiger charge is -2.41. The average Bonchev–Trinajstić information content (AvgIpc) is 3.23. The Morgan fingerprint density at radius 3 is 1.27 bits per heavy atom. The molecule has 1 aliphatic carbocycles. The van der Waals surface area contributed by atoms with Crippen molar-refractivity contribution in [1.29, 1.82) is 0 Å². The molecule has 6 unspecified atom stereocenters. The number of aliphatic hydroxyl groups is 5. The summed E-state index contributed by atoms with van der Waals surface area (Å²) in [6.07, 6.45) is 25.5. The normalized spacial score (nSPS) is 22.2. The first-order valence-corrected chi connectivity index (χ1v) is 25.5. The highest BCUT2D eigenvalue weighted by Crippen LogP contribution is 2.47. The van der Waals surface area contributed by atoms with Crippen LogP contribution in [0.1, 0.15) is 213 Å². The van der Waals surface area contributed by atoms with Gasteiger partial charge in [-0.2, -0.15) is 0 Å². The fourth-order valence-electron chi connectivity index (χ4n) is 7.46. The predicted molar refractivity (Wildman–Crippen MR) is 235 cm³/mol. The number of esters is 2. The van der Waals surface area contributed by atoms with Crippen molar-refractivity contribution in [2.45, 2.75) is 256 Å². The van der Waals surface area contributed by atoms with Gasteiger partial charge in [0.2, 0.25) is 0 Å². The molecule has 0 spiro atoms. The lowest BCUT2D eigenvalue weighted by Crippen LogP contribution is -2.64. The molecule has 14 heteroatoms. The zero-order valence-electron chi connectivity index (χ0n) is 37.5. The highest BCUT2D eigenvalue weighted by atomic mass is 31.2. The molecule has 1 rings (SSSR count). The van der Waals surface area contributed by atoms with Crippen LogP contribution in [0.2, 0.25) is 0 Å². The molecular formula is C46H87O13P. The summed E-state index contributed by atoms with van der Waals surface area (Å²) >= 11 is 0. The van der Waals surface area contributed by atoms with Crippen molar-refractivity contribution in [3.05, 3.63) is 12.2 Å². The molecular weight excluding hydrogens is 791 g/mol. The van der Waals surface area contributed by atoms with Crippen molar-refractivity contribution < 1.29 is 63.1 Å². The molecule has 13 nitrogen and oxygen atoms in total. The van der Waals surface area contributed by atoms with Crippen molar-refractivity contribution in [1.82, 2.24) is 0 Å². The summed E-state index contributed by atoms with van der Waals surface area (Å²) in [4.78, 5) is 35.7. The number of unbranched alkanes of at least 4 members (excludes halogenated alkanes) is 26.